The SMILES string of the molecule is COCCCNC(=O)CN(C)CCn1c(C)csc1=O. The lowest BCUT2D eigenvalue weighted by atomic mass is 10.4. The van der Waals surface area contributed by atoms with Gasteiger partial charge in [0.25, 0.3) is 0 Å². The number of hydrogen-bond acceptors (Lipinski definition) is 5. The van der Waals surface area contributed by atoms with Crippen LogP contribution in [0.3, 0.4) is 0 Å². The van der Waals surface area contributed by atoms with E-state index in [2.05, 4.69) is 5.32 Å². The number of aryl methyl sites for hydroxylation is 1. The van der Waals surface area contributed by atoms with Crippen molar-refractivity contribution in [2.75, 3.05) is 40.4 Å². The van der Waals surface area contributed by atoms with Crippen molar-refractivity contribution in [2.45, 2.75) is 19.9 Å². The number of methoxy groups -OCH3 is 1. The zero-order chi connectivity index (χ0) is 15.0. The minimum atomic E-state index is -0.00186. The summed E-state index contributed by atoms with van der Waals surface area (Å²) in [5.41, 5.74) is 0.970. The molecule has 0 atom stereocenters. The number of nitrogens with one attached hydrogen (secondary N) is 1. The smallest absolute Gasteiger partial charge is 0.307 e. The maximum atomic E-state index is 11.7. The average Bonchev–Trinajstić information content (AvgIpc) is 2.72. The molecule has 0 radical (unpaired) electrons. The second kappa shape index (κ2) is 8.89. The van der Waals surface area contributed by atoms with Gasteiger partial charge in [-0.25, -0.2) is 0 Å². The van der Waals surface area contributed by atoms with Crippen LogP contribution in [0.2, 0.25) is 0 Å². The lowest BCUT2D eigenvalue weighted by Gasteiger charge is -2.16. The Hall–Kier alpha value is -1.18. The summed E-state index contributed by atoms with van der Waals surface area (Å²) in [5.74, 6) is -0.00186. The zero-order valence-corrected chi connectivity index (χ0v) is 13.2. The molecule has 0 aliphatic carbocycles. The average molecular weight is 301 g/mol. The molecule has 1 aromatic rings. The van der Waals surface area contributed by atoms with Gasteiger partial charge >= 0.3 is 4.87 Å². The Kier molecular flexibility index (Phi) is 7.50. The van der Waals surface area contributed by atoms with Gasteiger partial charge in [0, 0.05) is 44.4 Å². The molecule has 1 aromatic heterocycles. The Morgan fingerprint density at radius 3 is 2.90 bits per heavy atom. The molecule has 0 aliphatic rings. The van der Waals surface area contributed by atoms with Gasteiger partial charge in [0.2, 0.25) is 5.91 Å². The highest BCUT2D eigenvalue weighted by Crippen LogP contribution is 1.99. The number of thiazole rings is 1. The molecular formula is C13H23N3O3S. The summed E-state index contributed by atoms with van der Waals surface area (Å²) >= 11 is 1.21. The van der Waals surface area contributed by atoms with E-state index >= 15 is 0 Å². The van der Waals surface area contributed by atoms with Crippen LogP contribution >= 0.6 is 11.3 Å². The summed E-state index contributed by atoms with van der Waals surface area (Å²) in [6.07, 6.45) is 0.815. The largest absolute Gasteiger partial charge is 0.385 e. The van der Waals surface area contributed by atoms with Crippen molar-refractivity contribution in [3.05, 3.63) is 20.7 Å². The summed E-state index contributed by atoms with van der Waals surface area (Å²) in [4.78, 5) is 25.2. The third kappa shape index (κ3) is 5.85. The predicted octanol–water partition coefficient (Wildman–Crippen LogP) is 0.303. The van der Waals surface area contributed by atoms with E-state index in [1.165, 1.54) is 11.3 Å². The zero-order valence-electron chi connectivity index (χ0n) is 12.3. The van der Waals surface area contributed by atoms with Crippen molar-refractivity contribution in [1.29, 1.82) is 0 Å². The van der Waals surface area contributed by atoms with Gasteiger partial charge in [-0.1, -0.05) is 11.3 Å². The molecule has 1 amide bonds. The Morgan fingerprint density at radius 1 is 1.55 bits per heavy atom. The van der Waals surface area contributed by atoms with Crippen LogP contribution in [0.5, 0.6) is 0 Å². The maximum absolute atomic E-state index is 11.7. The maximum Gasteiger partial charge on any atom is 0.307 e. The van der Waals surface area contributed by atoms with E-state index in [0.717, 1.165) is 12.1 Å². The van der Waals surface area contributed by atoms with Crippen LogP contribution in [0.1, 0.15) is 12.1 Å². The number of carbonyl (C=O) groups is 1. The first kappa shape index (κ1) is 16.9. The lowest BCUT2D eigenvalue weighted by Crippen LogP contribution is -2.37. The Morgan fingerprint density at radius 2 is 2.30 bits per heavy atom. The number of aromatic nitrogens is 1. The fourth-order valence-corrected chi connectivity index (χ4v) is 2.53. The van der Waals surface area contributed by atoms with Crippen molar-refractivity contribution in [2.24, 2.45) is 0 Å². The molecule has 0 unspecified atom stereocenters. The number of amides is 1. The van der Waals surface area contributed by atoms with Crippen LogP contribution in [0.25, 0.3) is 0 Å². The summed E-state index contributed by atoms with van der Waals surface area (Å²) in [6.45, 7) is 4.82. The van der Waals surface area contributed by atoms with E-state index < -0.39 is 0 Å². The first-order valence-corrected chi connectivity index (χ1v) is 7.51. The minimum absolute atomic E-state index is 0.00186. The molecule has 1 rings (SSSR count). The van der Waals surface area contributed by atoms with E-state index in [9.17, 15) is 9.59 Å². The van der Waals surface area contributed by atoms with Gasteiger partial charge in [-0.05, 0) is 20.4 Å². The van der Waals surface area contributed by atoms with E-state index in [1.807, 2.05) is 24.3 Å². The molecule has 0 saturated carbocycles. The molecule has 20 heavy (non-hydrogen) atoms. The first-order chi connectivity index (χ1) is 9.54. The van der Waals surface area contributed by atoms with Gasteiger partial charge in [0.15, 0.2) is 0 Å². The topological polar surface area (TPSA) is 63.6 Å². The minimum Gasteiger partial charge on any atom is -0.385 e. The highest BCUT2D eigenvalue weighted by molar-refractivity contribution is 7.07. The lowest BCUT2D eigenvalue weighted by molar-refractivity contribution is -0.122. The quantitative estimate of drug-likeness (QED) is 0.667. The van der Waals surface area contributed by atoms with Crippen LogP contribution in [-0.2, 0) is 16.1 Å². The summed E-state index contributed by atoms with van der Waals surface area (Å²) in [5, 5.41) is 4.69. The molecule has 1 heterocycles. The van der Waals surface area contributed by atoms with Crippen molar-refractivity contribution < 1.29 is 9.53 Å². The van der Waals surface area contributed by atoms with Crippen molar-refractivity contribution in [3.8, 4) is 0 Å². The number of likely N-dealkylation sites (N-methyl/N-ethyl adjacent to an activating group) is 1. The Bertz CT molecular complexity index is 470. The van der Waals surface area contributed by atoms with E-state index in [0.29, 0.717) is 32.8 Å². The molecule has 0 saturated heterocycles. The summed E-state index contributed by atoms with van der Waals surface area (Å²) in [7, 11) is 3.52. The molecule has 0 aromatic carbocycles. The first-order valence-electron chi connectivity index (χ1n) is 6.63. The van der Waals surface area contributed by atoms with E-state index in [4.69, 9.17) is 4.74 Å². The highest BCUT2D eigenvalue weighted by atomic mass is 32.1. The van der Waals surface area contributed by atoms with E-state index in [1.54, 1.807) is 11.7 Å². The molecule has 114 valence electrons. The third-order valence-electron chi connectivity index (χ3n) is 2.94. The molecule has 1 N–H and O–H groups in total. The Balaban J connectivity index is 2.24. The third-order valence-corrected chi connectivity index (χ3v) is 3.82. The molecule has 0 fully saturated rings. The standard InChI is InChI=1S/C13H23N3O3S/c1-11-10-20-13(18)16(11)7-6-15(2)9-12(17)14-5-4-8-19-3/h10H,4-9H2,1-3H3,(H,14,17). The molecular weight excluding hydrogens is 278 g/mol. The molecule has 0 aliphatic heterocycles. The van der Waals surface area contributed by atoms with Crippen LogP contribution in [0.15, 0.2) is 10.2 Å². The fraction of sp³-hybridized carbons (Fsp3) is 0.692. The second-order valence-electron chi connectivity index (χ2n) is 4.73. The number of ether oxygens (including phenoxy) is 1. The normalized spacial score (nSPS) is 11.0. The van der Waals surface area contributed by atoms with Gasteiger partial charge in [-0.3, -0.25) is 14.5 Å². The van der Waals surface area contributed by atoms with Gasteiger partial charge in [0.05, 0.1) is 6.54 Å². The number of nitrogens with zero attached hydrogens (tertiary/aromatic N) is 2. The molecule has 7 heteroatoms. The number of carbonyl (C=O) groups excluding carboxylic acids is 1. The number of rotatable bonds is 9. The fourth-order valence-electron chi connectivity index (χ4n) is 1.77. The van der Waals surface area contributed by atoms with Crippen molar-refractivity contribution >= 4 is 17.2 Å². The molecule has 0 bridgehead atoms. The number of hydrogen-bond donors (Lipinski definition) is 1. The highest BCUT2D eigenvalue weighted by Gasteiger charge is 2.08. The molecule has 6 nitrogen and oxygen atoms in total. The van der Waals surface area contributed by atoms with Gasteiger partial charge < -0.3 is 14.6 Å². The van der Waals surface area contributed by atoms with Crippen LogP contribution in [-0.4, -0.2) is 55.8 Å². The van der Waals surface area contributed by atoms with Gasteiger partial charge in [0.1, 0.15) is 0 Å². The summed E-state index contributed by atoms with van der Waals surface area (Å²) < 4.78 is 6.65. The summed E-state index contributed by atoms with van der Waals surface area (Å²) in [6, 6.07) is 0. The van der Waals surface area contributed by atoms with Gasteiger partial charge in [-0.15, -0.1) is 0 Å². The van der Waals surface area contributed by atoms with Crippen LogP contribution in [0, 0.1) is 6.92 Å². The monoisotopic (exact) mass is 301 g/mol. The van der Waals surface area contributed by atoms with Crippen LogP contribution < -0.4 is 10.2 Å². The van der Waals surface area contributed by atoms with Crippen molar-refractivity contribution in [1.82, 2.24) is 14.8 Å². The second-order valence-corrected chi connectivity index (χ2v) is 5.55. The Labute approximate surface area is 123 Å². The van der Waals surface area contributed by atoms with Crippen molar-refractivity contribution in [3.63, 3.8) is 0 Å². The van der Waals surface area contributed by atoms with E-state index in [-0.39, 0.29) is 10.8 Å². The van der Waals surface area contributed by atoms with Gasteiger partial charge in [-0.2, -0.15) is 0 Å². The predicted molar refractivity (Wildman–Crippen MR) is 80.3 cm³/mol. The molecule has 0 spiro atoms. The van der Waals surface area contributed by atoms with Crippen LogP contribution in [0.4, 0.5) is 0 Å².